The lowest BCUT2D eigenvalue weighted by Gasteiger charge is -2.13. The maximum atomic E-state index is 13.0. The molecule has 0 aliphatic carbocycles. The van der Waals surface area contributed by atoms with Crippen molar-refractivity contribution in [3.63, 3.8) is 0 Å². The molecule has 0 atom stereocenters. The fraction of sp³-hybridized carbons (Fsp3) is 0.125. The summed E-state index contributed by atoms with van der Waals surface area (Å²) in [4.78, 5) is 29.6. The average molecular weight is 401 g/mol. The number of fused-ring (bicyclic) bond motifs is 3. The van der Waals surface area contributed by atoms with Crippen molar-refractivity contribution in [2.75, 3.05) is 6.54 Å². The molecule has 4 rings (SSSR count). The summed E-state index contributed by atoms with van der Waals surface area (Å²) >= 11 is 0. The second-order valence-corrected chi connectivity index (χ2v) is 6.99. The van der Waals surface area contributed by atoms with Gasteiger partial charge in [0.2, 0.25) is 0 Å². The van der Waals surface area contributed by atoms with E-state index in [0.717, 1.165) is 16.3 Å². The number of nitrogens with one attached hydrogen (secondary N) is 1. The summed E-state index contributed by atoms with van der Waals surface area (Å²) in [6.07, 6.45) is 5.46. The van der Waals surface area contributed by atoms with Crippen LogP contribution in [0.2, 0.25) is 0 Å². The summed E-state index contributed by atoms with van der Waals surface area (Å²) in [5, 5.41) is 5.08. The molecule has 0 aliphatic heterocycles. The average Bonchev–Trinajstić information content (AvgIpc) is 2.77. The van der Waals surface area contributed by atoms with Crippen molar-refractivity contribution in [2.24, 2.45) is 0 Å². The molecule has 0 fully saturated rings. The smallest absolute Gasteiger partial charge is 0.260 e. The van der Waals surface area contributed by atoms with Gasteiger partial charge in [0.15, 0.2) is 0 Å². The normalized spacial score (nSPS) is 11.0. The number of allylic oxidation sites excluding steroid dienone is 1. The molecule has 2 heterocycles. The summed E-state index contributed by atoms with van der Waals surface area (Å²) in [7, 11) is 0. The van der Waals surface area contributed by atoms with Crippen LogP contribution in [0.25, 0.3) is 21.7 Å². The number of pyridine rings is 2. The largest absolute Gasteiger partial charge is 0.352 e. The summed E-state index contributed by atoms with van der Waals surface area (Å²) < 4.78 is 14.6. The second kappa shape index (κ2) is 8.29. The molecule has 4 aromatic rings. The van der Waals surface area contributed by atoms with E-state index in [1.807, 2.05) is 6.07 Å². The quantitative estimate of drug-likeness (QED) is 0.394. The molecule has 1 amide bonds. The van der Waals surface area contributed by atoms with E-state index in [-0.39, 0.29) is 17.3 Å². The van der Waals surface area contributed by atoms with Crippen LogP contribution >= 0.6 is 0 Å². The molecule has 0 radical (unpaired) electrons. The van der Waals surface area contributed by atoms with Gasteiger partial charge in [0.1, 0.15) is 5.82 Å². The van der Waals surface area contributed by atoms with Crippen LogP contribution in [0, 0.1) is 5.82 Å². The van der Waals surface area contributed by atoms with Crippen molar-refractivity contribution in [1.29, 1.82) is 0 Å². The fourth-order valence-corrected chi connectivity index (χ4v) is 3.56. The van der Waals surface area contributed by atoms with Crippen molar-refractivity contribution in [2.45, 2.75) is 13.0 Å². The lowest BCUT2D eigenvalue weighted by atomic mass is 10.0. The molecule has 0 saturated heterocycles. The van der Waals surface area contributed by atoms with Gasteiger partial charge in [-0.05, 0) is 47.7 Å². The molecule has 0 bridgehead atoms. The predicted octanol–water partition coefficient (Wildman–Crippen LogP) is 3.85. The molecule has 2 aromatic carbocycles. The molecule has 5 nitrogen and oxygen atoms in total. The zero-order valence-corrected chi connectivity index (χ0v) is 16.3. The minimum Gasteiger partial charge on any atom is -0.352 e. The first kappa shape index (κ1) is 19.5. The topological polar surface area (TPSA) is 64.0 Å². The third kappa shape index (κ3) is 3.72. The van der Waals surface area contributed by atoms with Crippen LogP contribution in [0.15, 0.2) is 78.4 Å². The van der Waals surface area contributed by atoms with Crippen LogP contribution in [-0.4, -0.2) is 22.0 Å². The predicted molar refractivity (Wildman–Crippen MR) is 116 cm³/mol. The summed E-state index contributed by atoms with van der Waals surface area (Å²) in [6.45, 7) is 4.49. The van der Waals surface area contributed by atoms with Crippen molar-refractivity contribution in [1.82, 2.24) is 14.9 Å². The van der Waals surface area contributed by atoms with Crippen molar-refractivity contribution in [3.05, 3.63) is 101 Å². The Morgan fingerprint density at radius 1 is 1.10 bits per heavy atom. The van der Waals surface area contributed by atoms with Crippen LogP contribution in [-0.2, 0) is 13.0 Å². The van der Waals surface area contributed by atoms with Gasteiger partial charge < -0.3 is 9.88 Å². The molecule has 0 saturated carbocycles. The Hall–Kier alpha value is -3.80. The van der Waals surface area contributed by atoms with Crippen molar-refractivity contribution < 1.29 is 9.18 Å². The molecule has 2 aromatic heterocycles. The zero-order valence-electron chi connectivity index (χ0n) is 16.3. The van der Waals surface area contributed by atoms with E-state index in [2.05, 4.69) is 16.9 Å². The van der Waals surface area contributed by atoms with Crippen LogP contribution < -0.4 is 10.9 Å². The highest BCUT2D eigenvalue weighted by molar-refractivity contribution is 6.07. The minimum atomic E-state index is -0.284. The van der Waals surface area contributed by atoms with Crippen molar-refractivity contribution in [3.8, 4) is 0 Å². The Morgan fingerprint density at radius 3 is 2.67 bits per heavy atom. The number of amides is 1. The van der Waals surface area contributed by atoms with Gasteiger partial charge in [-0.25, -0.2) is 4.39 Å². The lowest BCUT2D eigenvalue weighted by molar-refractivity contribution is 0.0954. The van der Waals surface area contributed by atoms with Crippen LogP contribution in [0.3, 0.4) is 0 Å². The molecule has 0 spiro atoms. The molecule has 0 unspecified atom stereocenters. The Bertz CT molecular complexity index is 1310. The number of hydrogen-bond donors (Lipinski definition) is 1. The first-order valence-electron chi connectivity index (χ1n) is 9.62. The number of carbonyl (C=O) groups is 1. The van der Waals surface area contributed by atoms with E-state index in [4.69, 9.17) is 0 Å². The minimum absolute atomic E-state index is 0.167. The number of benzene rings is 2. The van der Waals surface area contributed by atoms with Crippen molar-refractivity contribution >= 4 is 27.6 Å². The highest BCUT2D eigenvalue weighted by Gasteiger charge is 2.13. The number of hydrogen-bond acceptors (Lipinski definition) is 3. The van der Waals surface area contributed by atoms with Gasteiger partial charge >= 0.3 is 0 Å². The maximum absolute atomic E-state index is 13.0. The Balaban J connectivity index is 1.65. The molecule has 1 N–H and O–H groups in total. The van der Waals surface area contributed by atoms with E-state index in [1.54, 1.807) is 53.4 Å². The summed E-state index contributed by atoms with van der Waals surface area (Å²) in [6, 6.07) is 13.3. The van der Waals surface area contributed by atoms with Gasteiger partial charge in [0.05, 0.1) is 10.9 Å². The van der Waals surface area contributed by atoms with E-state index in [0.29, 0.717) is 36.0 Å². The number of nitrogens with zero attached hydrogens (tertiary/aromatic N) is 2. The van der Waals surface area contributed by atoms with Crippen LogP contribution in [0.5, 0.6) is 0 Å². The molecule has 30 heavy (non-hydrogen) atoms. The first-order valence-corrected chi connectivity index (χ1v) is 9.62. The zero-order chi connectivity index (χ0) is 21.1. The number of halogens is 1. The monoisotopic (exact) mass is 401 g/mol. The highest BCUT2D eigenvalue weighted by atomic mass is 19.1. The van der Waals surface area contributed by atoms with Gasteiger partial charge in [-0.1, -0.05) is 24.3 Å². The Morgan fingerprint density at radius 2 is 1.90 bits per heavy atom. The second-order valence-electron chi connectivity index (χ2n) is 6.99. The van der Waals surface area contributed by atoms with E-state index >= 15 is 0 Å². The third-order valence-electron chi connectivity index (χ3n) is 5.06. The third-order valence-corrected chi connectivity index (χ3v) is 5.06. The molecule has 6 heteroatoms. The lowest BCUT2D eigenvalue weighted by Crippen LogP contribution is -2.26. The fourth-order valence-electron chi connectivity index (χ4n) is 3.56. The van der Waals surface area contributed by atoms with Gasteiger partial charge in [-0.15, -0.1) is 6.58 Å². The van der Waals surface area contributed by atoms with Crippen LogP contribution in [0.4, 0.5) is 4.39 Å². The first-order chi connectivity index (χ1) is 14.6. The molecular weight excluding hydrogens is 381 g/mol. The maximum Gasteiger partial charge on any atom is 0.260 e. The van der Waals surface area contributed by atoms with Gasteiger partial charge in [0.25, 0.3) is 11.5 Å². The van der Waals surface area contributed by atoms with E-state index in [1.165, 1.54) is 12.1 Å². The summed E-state index contributed by atoms with van der Waals surface area (Å²) in [5.41, 5.74) is 1.91. The van der Waals surface area contributed by atoms with Gasteiger partial charge in [-0.3, -0.25) is 14.6 Å². The number of rotatable bonds is 6. The molecule has 0 aliphatic rings. The Labute approximate surface area is 172 Å². The van der Waals surface area contributed by atoms with E-state index in [9.17, 15) is 14.0 Å². The molecule has 150 valence electrons. The van der Waals surface area contributed by atoms with Crippen LogP contribution in [0.1, 0.15) is 15.9 Å². The number of aromatic nitrogens is 2. The number of carbonyl (C=O) groups excluding carboxylic acids is 1. The molecular formula is C24H20FN3O2. The highest BCUT2D eigenvalue weighted by Crippen LogP contribution is 2.23. The Kier molecular flexibility index (Phi) is 5.39. The van der Waals surface area contributed by atoms with Gasteiger partial charge in [-0.2, -0.15) is 0 Å². The SMILES string of the molecule is C=CCn1c(=O)c2cnccc2c2ccc(C(=O)NCCc3ccc(F)cc3)cc21. The van der Waals surface area contributed by atoms with Gasteiger partial charge in [0, 0.05) is 36.4 Å². The standard InChI is InChI=1S/C24H20FN3O2/c1-2-13-28-22-14-17(23(29)27-12-9-16-3-6-18(25)7-4-16)5-8-20(22)19-10-11-26-15-21(19)24(28)30/h2-8,10-11,14-15H,1,9,12-13H2,(H,27,29). The summed E-state index contributed by atoms with van der Waals surface area (Å²) in [5.74, 6) is -0.515. The van der Waals surface area contributed by atoms with E-state index < -0.39 is 0 Å².